The third-order valence-corrected chi connectivity index (χ3v) is 6.36. The van der Waals surface area contributed by atoms with Gasteiger partial charge in [0.25, 0.3) is 6.43 Å². The third kappa shape index (κ3) is 4.18. The minimum absolute atomic E-state index is 0.0134. The van der Waals surface area contributed by atoms with E-state index in [0.29, 0.717) is 17.1 Å². The molecule has 1 saturated carbocycles. The number of nitrogens with one attached hydrogen (secondary N) is 1. The Morgan fingerprint density at radius 3 is 2.47 bits per heavy atom. The number of nitrogens with two attached hydrogens (primary N) is 1. The number of benzene rings is 1. The molecule has 1 unspecified atom stereocenters. The summed E-state index contributed by atoms with van der Waals surface area (Å²) >= 11 is 0. The number of aromatic nitrogens is 5. The van der Waals surface area contributed by atoms with Gasteiger partial charge in [-0.05, 0) is 31.4 Å². The van der Waals surface area contributed by atoms with Gasteiger partial charge in [0.15, 0.2) is 0 Å². The molecule has 3 aromatic heterocycles. The van der Waals surface area contributed by atoms with Gasteiger partial charge in [-0.15, -0.1) is 0 Å². The molecule has 9 nitrogen and oxygen atoms in total. The molecule has 0 spiro atoms. The minimum atomic E-state index is -2.63. The fourth-order valence-electron chi connectivity index (χ4n) is 4.15. The predicted molar refractivity (Wildman–Crippen MR) is 123 cm³/mol. The van der Waals surface area contributed by atoms with E-state index in [0.717, 1.165) is 11.4 Å². The maximum Gasteiger partial charge on any atom is 0.251 e. The molecule has 0 radical (unpaired) electrons. The summed E-state index contributed by atoms with van der Waals surface area (Å²) in [7, 11) is 1.80. The van der Waals surface area contributed by atoms with E-state index < -0.39 is 29.5 Å². The number of amides is 1. The van der Waals surface area contributed by atoms with E-state index in [4.69, 9.17) is 10.3 Å². The Balaban J connectivity index is 1.38. The van der Waals surface area contributed by atoms with E-state index in [2.05, 4.69) is 25.5 Å². The van der Waals surface area contributed by atoms with Crippen LogP contribution >= 0.6 is 0 Å². The standard InChI is InChI=1S/C24H22F3N7O2/c1-12-18(11-34(2)32-12)31-23-29-9-14(10-30-23)13-3-4-15(16(25)7-13)20(21(28)35)17-8-19(36-33-17)24(5-6-24)22(26)27/h3-4,7-11,20,22H,5-6H2,1-2H3,(H2,28,35)(H,29,30,31). The molecule has 186 valence electrons. The number of primary amides is 1. The zero-order valence-corrected chi connectivity index (χ0v) is 19.4. The molecule has 4 aromatic rings. The molecule has 0 saturated heterocycles. The normalized spacial score (nSPS) is 15.2. The second kappa shape index (κ2) is 8.77. The number of alkyl halides is 2. The lowest BCUT2D eigenvalue weighted by atomic mass is 9.91. The Morgan fingerprint density at radius 1 is 1.19 bits per heavy atom. The lowest BCUT2D eigenvalue weighted by Gasteiger charge is -2.13. The second-order valence-corrected chi connectivity index (χ2v) is 8.87. The molecular formula is C24H22F3N7O2. The minimum Gasteiger partial charge on any atom is -0.369 e. The van der Waals surface area contributed by atoms with Crippen molar-refractivity contribution in [1.29, 1.82) is 0 Å². The maximum absolute atomic E-state index is 15.2. The molecule has 3 heterocycles. The summed E-state index contributed by atoms with van der Waals surface area (Å²) in [6, 6.07) is 5.49. The van der Waals surface area contributed by atoms with Crippen molar-refractivity contribution in [2.75, 3.05) is 5.32 Å². The third-order valence-electron chi connectivity index (χ3n) is 6.36. The number of carbonyl (C=O) groups is 1. The average molecular weight is 497 g/mol. The smallest absolute Gasteiger partial charge is 0.251 e. The van der Waals surface area contributed by atoms with E-state index in [-0.39, 0.29) is 29.9 Å². The highest BCUT2D eigenvalue weighted by Crippen LogP contribution is 2.53. The molecule has 1 aromatic carbocycles. The molecule has 1 fully saturated rings. The van der Waals surface area contributed by atoms with Gasteiger partial charge in [-0.2, -0.15) is 5.10 Å². The van der Waals surface area contributed by atoms with E-state index in [1.807, 2.05) is 6.92 Å². The van der Waals surface area contributed by atoms with Crippen LogP contribution in [0.3, 0.4) is 0 Å². The first-order valence-corrected chi connectivity index (χ1v) is 11.1. The Labute approximate surface area is 203 Å². The molecule has 1 amide bonds. The van der Waals surface area contributed by atoms with Crippen molar-refractivity contribution in [3.63, 3.8) is 0 Å². The summed E-state index contributed by atoms with van der Waals surface area (Å²) in [6.07, 6.45) is 2.74. The molecule has 1 atom stereocenters. The van der Waals surface area contributed by atoms with Gasteiger partial charge in [-0.3, -0.25) is 9.48 Å². The first kappa shape index (κ1) is 23.5. The number of carbonyl (C=O) groups excluding carboxylic acids is 1. The molecule has 12 heteroatoms. The SMILES string of the molecule is Cc1nn(C)cc1Nc1ncc(-c2ccc(C(C(N)=O)c3cc(C4(C(F)F)CC4)on3)c(F)c2)cn1. The lowest BCUT2D eigenvalue weighted by Crippen LogP contribution is -2.23. The summed E-state index contributed by atoms with van der Waals surface area (Å²) < 4.78 is 48.8. The molecule has 1 aliphatic rings. The topological polar surface area (TPSA) is 125 Å². The molecule has 3 N–H and O–H groups in total. The number of anilines is 2. The zero-order chi connectivity index (χ0) is 25.6. The van der Waals surface area contributed by atoms with Crippen molar-refractivity contribution in [3.8, 4) is 11.1 Å². The number of hydrogen-bond acceptors (Lipinski definition) is 7. The van der Waals surface area contributed by atoms with E-state index in [9.17, 15) is 13.6 Å². The quantitative estimate of drug-likeness (QED) is 0.377. The number of halogens is 3. The van der Waals surface area contributed by atoms with Gasteiger partial charge in [-0.1, -0.05) is 17.3 Å². The summed E-state index contributed by atoms with van der Waals surface area (Å²) in [5.74, 6) is -2.57. The monoisotopic (exact) mass is 497 g/mol. The Morgan fingerprint density at radius 2 is 1.92 bits per heavy atom. The lowest BCUT2D eigenvalue weighted by molar-refractivity contribution is -0.118. The highest BCUT2D eigenvalue weighted by atomic mass is 19.3. The average Bonchev–Trinajstić information content (AvgIpc) is 3.41. The van der Waals surface area contributed by atoms with E-state index in [1.165, 1.54) is 30.6 Å². The van der Waals surface area contributed by atoms with Crippen molar-refractivity contribution in [1.82, 2.24) is 24.9 Å². The van der Waals surface area contributed by atoms with Crippen molar-refractivity contribution >= 4 is 17.5 Å². The largest absolute Gasteiger partial charge is 0.369 e. The van der Waals surface area contributed by atoms with Crippen LogP contribution in [0.4, 0.5) is 24.8 Å². The first-order chi connectivity index (χ1) is 17.2. The summed E-state index contributed by atoms with van der Waals surface area (Å²) in [6.45, 7) is 1.85. The number of nitrogens with zero attached hydrogens (tertiary/aromatic N) is 5. The van der Waals surface area contributed by atoms with Gasteiger partial charge in [0.05, 0.1) is 16.8 Å². The van der Waals surface area contributed by atoms with Crippen LogP contribution in [-0.2, 0) is 17.3 Å². The maximum atomic E-state index is 15.2. The van der Waals surface area contributed by atoms with Gasteiger partial charge in [0.1, 0.15) is 23.2 Å². The summed E-state index contributed by atoms with van der Waals surface area (Å²) in [5, 5.41) is 11.1. The van der Waals surface area contributed by atoms with Crippen LogP contribution in [0.5, 0.6) is 0 Å². The van der Waals surface area contributed by atoms with Crippen molar-refractivity contribution in [2.24, 2.45) is 12.8 Å². The van der Waals surface area contributed by atoms with Gasteiger partial charge in [-0.25, -0.2) is 23.1 Å². The van der Waals surface area contributed by atoms with Gasteiger partial charge in [0.2, 0.25) is 11.9 Å². The van der Waals surface area contributed by atoms with Crippen molar-refractivity contribution < 1.29 is 22.5 Å². The Hall–Kier alpha value is -4.22. The molecule has 0 aliphatic heterocycles. The van der Waals surface area contributed by atoms with Crippen molar-refractivity contribution in [3.05, 3.63) is 71.4 Å². The van der Waals surface area contributed by atoms with Crippen LogP contribution in [0.1, 0.15) is 41.5 Å². The second-order valence-electron chi connectivity index (χ2n) is 8.87. The molecule has 5 rings (SSSR count). The zero-order valence-electron chi connectivity index (χ0n) is 19.4. The highest BCUT2D eigenvalue weighted by Gasteiger charge is 2.56. The van der Waals surface area contributed by atoms with Gasteiger partial charge in [0, 0.05) is 42.8 Å². The van der Waals surface area contributed by atoms with Gasteiger partial charge < -0.3 is 15.6 Å². The van der Waals surface area contributed by atoms with E-state index in [1.54, 1.807) is 24.0 Å². The van der Waals surface area contributed by atoms with Crippen LogP contribution in [0.15, 0.2) is 47.4 Å². The van der Waals surface area contributed by atoms with Gasteiger partial charge >= 0.3 is 0 Å². The van der Waals surface area contributed by atoms with Crippen molar-refractivity contribution in [2.45, 2.75) is 37.5 Å². The number of aryl methyl sites for hydroxylation is 2. The van der Waals surface area contributed by atoms with E-state index >= 15 is 4.39 Å². The van der Waals surface area contributed by atoms with Crippen LogP contribution in [0, 0.1) is 12.7 Å². The Kier molecular flexibility index (Phi) is 5.73. The fraction of sp³-hybridized carbons (Fsp3) is 0.292. The van der Waals surface area contributed by atoms with Crippen LogP contribution in [0.25, 0.3) is 11.1 Å². The molecular weight excluding hydrogens is 475 g/mol. The van der Waals surface area contributed by atoms with Crippen LogP contribution < -0.4 is 11.1 Å². The Bertz CT molecular complexity index is 1430. The fourth-order valence-corrected chi connectivity index (χ4v) is 4.15. The highest BCUT2D eigenvalue weighted by molar-refractivity contribution is 5.85. The first-order valence-electron chi connectivity index (χ1n) is 11.1. The molecule has 36 heavy (non-hydrogen) atoms. The van der Waals surface area contributed by atoms with Crippen LogP contribution in [0.2, 0.25) is 0 Å². The number of hydrogen-bond donors (Lipinski definition) is 2. The van der Waals surface area contributed by atoms with Crippen LogP contribution in [-0.4, -0.2) is 37.2 Å². The molecule has 1 aliphatic carbocycles. The predicted octanol–water partition coefficient (Wildman–Crippen LogP) is 3.97. The number of rotatable bonds is 8. The summed E-state index contributed by atoms with van der Waals surface area (Å²) in [5.41, 5.74) is 6.64. The molecule has 0 bridgehead atoms. The summed E-state index contributed by atoms with van der Waals surface area (Å²) in [4.78, 5) is 20.8.